The summed E-state index contributed by atoms with van der Waals surface area (Å²) < 4.78 is 7.75. The average Bonchev–Trinajstić information content (AvgIpc) is 3.69. The van der Waals surface area contributed by atoms with E-state index in [-0.39, 0.29) is 0 Å². The van der Waals surface area contributed by atoms with Gasteiger partial charge in [0, 0.05) is 69.2 Å². The van der Waals surface area contributed by atoms with Gasteiger partial charge in [-0.1, -0.05) is 84.1 Å². The lowest BCUT2D eigenvalue weighted by Gasteiger charge is -2.24. The summed E-state index contributed by atoms with van der Waals surface area (Å²) in [5, 5.41) is 10.8. The highest BCUT2D eigenvalue weighted by atomic mass is 32.1. The zero-order valence-corrected chi connectivity index (χ0v) is 25.9. The lowest BCUT2D eigenvalue weighted by atomic mass is 10.1. The predicted octanol–water partition coefficient (Wildman–Crippen LogP) is 9.74. The molecule has 0 aliphatic carbocycles. The number of pyridine rings is 1. The molecule has 2 nitrogen and oxygen atoms in total. The minimum Gasteiger partial charge on any atom is -0.309 e. The number of benzene rings is 5. The molecule has 9 rings (SSSR count). The van der Waals surface area contributed by atoms with Crippen LogP contribution in [0.3, 0.4) is 0 Å². The largest absolute Gasteiger partial charge is 0.309 e. The first-order chi connectivity index (χ1) is 20.6. The van der Waals surface area contributed by atoms with E-state index in [1.165, 1.54) is 78.2 Å². The summed E-state index contributed by atoms with van der Waals surface area (Å²) in [5.74, 6) is 0. The maximum absolute atomic E-state index is 4.42. The third-order valence-electron chi connectivity index (χ3n) is 9.01. The molecule has 0 bridgehead atoms. The Morgan fingerprint density at radius 2 is 1.14 bits per heavy atom. The van der Waals surface area contributed by atoms with Gasteiger partial charge in [-0.3, -0.25) is 4.98 Å². The Morgan fingerprint density at radius 1 is 0.524 bits per heavy atom. The second-order valence-corrected chi connectivity index (χ2v) is 18.2. The lowest BCUT2D eigenvalue weighted by Crippen LogP contribution is -2.52. The number of aromatic nitrogens is 2. The Balaban J connectivity index is 1.24. The van der Waals surface area contributed by atoms with Crippen LogP contribution in [-0.4, -0.2) is 17.6 Å². The number of thiophene rings is 2. The summed E-state index contributed by atoms with van der Waals surface area (Å²) >= 11 is 3.73. The quantitative estimate of drug-likeness (QED) is 0.187. The molecule has 0 amide bonds. The normalized spacial score (nSPS) is 12.5. The molecule has 5 aromatic carbocycles. The van der Waals surface area contributed by atoms with Gasteiger partial charge in [0.05, 0.1) is 11.0 Å². The summed E-state index contributed by atoms with van der Waals surface area (Å²) in [5.41, 5.74) is 3.68. The molecule has 200 valence electrons. The molecule has 42 heavy (non-hydrogen) atoms. The molecule has 0 fully saturated rings. The maximum atomic E-state index is 4.42. The second kappa shape index (κ2) is 8.85. The van der Waals surface area contributed by atoms with Crippen molar-refractivity contribution in [1.82, 2.24) is 9.55 Å². The molecule has 0 saturated carbocycles. The highest BCUT2D eigenvalue weighted by molar-refractivity contribution is 7.26. The van der Waals surface area contributed by atoms with E-state index in [1.54, 1.807) is 0 Å². The molecular formula is C37H26N2S2Si. The van der Waals surface area contributed by atoms with E-state index in [1.807, 2.05) is 35.1 Å². The van der Waals surface area contributed by atoms with Crippen molar-refractivity contribution in [3.8, 4) is 5.69 Å². The van der Waals surface area contributed by atoms with E-state index in [0.29, 0.717) is 0 Å². The van der Waals surface area contributed by atoms with Crippen molar-refractivity contribution in [2.75, 3.05) is 0 Å². The van der Waals surface area contributed by atoms with Gasteiger partial charge in [0.25, 0.3) is 0 Å². The topological polar surface area (TPSA) is 17.8 Å². The number of rotatable bonds is 3. The Labute approximate surface area is 252 Å². The predicted molar refractivity (Wildman–Crippen MR) is 188 cm³/mol. The summed E-state index contributed by atoms with van der Waals surface area (Å²) in [7, 11) is -1.98. The standard InChI is InChI=1S/C37H26N2S2Si/c1-42(2,25-13-16-36-30(21-25)27-8-4-6-10-34(27)40-36)24-12-14-33-28(20-24)26-7-3-5-9-32(26)39(33)23-11-15-35-29(19-23)31-22-38-18-17-37(31)41-35/h3-22H,1-2H3. The molecule has 5 heteroatoms. The summed E-state index contributed by atoms with van der Waals surface area (Å²) in [6.07, 6.45) is 3.88. The number of para-hydroxylation sites is 1. The van der Waals surface area contributed by atoms with Gasteiger partial charge in [0.15, 0.2) is 0 Å². The molecule has 0 spiro atoms. The van der Waals surface area contributed by atoms with Crippen LogP contribution >= 0.6 is 22.7 Å². The SMILES string of the molecule is C[Si](C)(c1ccc2sc3ccccc3c2c1)c1ccc2c(c1)c1ccccc1n2-c1ccc2sc3ccncc3c2c1. The summed E-state index contributed by atoms with van der Waals surface area (Å²) in [4.78, 5) is 4.42. The van der Waals surface area contributed by atoms with Crippen LogP contribution in [0.1, 0.15) is 0 Å². The van der Waals surface area contributed by atoms with E-state index < -0.39 is 8.07 Å². The first kappa shape index (κ1) is 24.3. The van der Waals surface area contributed by atoms with E-state index in [2.05, 4.69) is 132 Å². The van der Waals surface area contributed by atoms with E-state index in [9.17, 15) is 0 Å². The van der Waals surface area contributed by atoms with Crippen LogP contribution in [0.4, 0.5) is 0 Å². The zero-order chi connectivity index (χ0) is 28.0. The van der Waals surface area contributed by atoms with Crippen LogP contribution in [0, 0.1) is 0 Å². The Bertz CT molecular complexity index is 2510. The van der Waals surface area contributed by atoms with Gasteiger partial charge in [0.1, 0.15) is 8.07 Å². The lowest BCUT2D eigenvalue weighted by molar-refractivity contribution is 1.19. The Hall–Kier alpha value is -4.29. The molecule has 0 radical (unpaired) electrons. The van der Waals surface area contributed by atoms with Crippen molar-refractivity contribution < 1.29 is 0 Å². The van der Waals surface area contributed by atoms with E-state index in [0.717, 1.165) is 0 Å². The fourth-order valence-electron chi connectivity index (χ4n) is 6.67. The van der Waals surface area contributed by atoms with Crippen molar-refractivity contribution in [1.29, 1.82) is 0 Å². The van der Waals surface area contributed by atoms with Crippen LogP contribution < -0.4 is 10.4 Å². The van der Waals surface area contributed by atoms with Gasteiger partial charge in [-0.2, -0.15) is 0 Å². The van der Waals surface area contributed by atoms with Gasteiger partial charge >= 0.3 is 0 Å². The van der Waals surface area contributed by atoms with Crippen molar-refractivity contribution in [3.05, 3.63) is 122 Å². The molecule has 0 aliphatic heterocycles. The Morgan fingerprint density at radius 3 is 2.00 bits per heavy atom. The molecule has 0 atom stereocenters. The smallest absolute Gasteiger partial charge is 0.112 e. The van der Waals surface area contributed by atoms with Crippen molar-refractivity contribution >= 4 is 103 Å². The monoisotopic (exact) mass is 590 g/mol. The van der Waals surface area contributed by atoms with Gasteiger partial charge in [-0.15, -0.1) is 22.7 Å². The van der Waals surface area contributed by atoms with Crippen LogP contribution in [-0.2, 0) is 0 Å². The molecule has 0 unspecified atom stereocenters. The maximum Gasteiger partial charge on any atom is 0.112 e. The second-order valence-electron chi connectivity index (χ2n) is 11.7. The molecule has 4 heterocycles. The van der Waals surface area contributed by atoms with Gasteiger partial charge in [0.2, 0.25) is 0 Å². The van der Waals surface area contributed by atoms with Crippen molar-refractivity contribution in [2.45, 2.75) is 13.1 Å². The Kier molecular flexibility index (Phi) is 5.13. The summed E-state index contributed by atoms with van der Waals surface area (Å²) in [6.45, 7) is 4.99. The fraction of sp³-hybridized carbons (Fsp3) is 0.0541. The van der Waals surface area contributed by atoms with E-state index >= 15 is 0 Å². The first-order valence-corrected chi connectivity index (χ1v) is 18.9. The van der Waals surface area contributed by atoms with Crippen LogP contribution in [0.5, 0.6) is 0 Å². The fourth-order valence-corrected chi connectivity index (χ4v) is 11.2. The van der Waals surface area contributed by atoms with Crippen molar-refractivity contribution in [2.24, 2.45) is 0 Å². The zero-order valence-electron chi connectivity index (χ0n) is 23.3. The number of nitrogens with zero attached hydrogens (tertiary/aromatic N) is 2. The van der Waals surface area contributed by atoms with Crippen LogP contribution in [0.15, 0.2) is 122 Å². The third kappa shape index (κ3) is 3.45. The van der Waals surface area contributed by atoms with Gasteiger partial charge in [-0.25, -0.2) is 0 Å². The van der Waals surface area contributed by atoms with Gasteiger partial charge in [-0.05, 0) is 48.5 Å². The van der Waals surface area contributed by atoms with E-state index in [4.69, 9.17) is 0 Å². The molecule has 4 aromatic heterocycles. The van der Waals surface area contributed by atoms with Crippen molar-refractivity contribution in [3.63, 3.8) is 0 Å². The highest BCUT2D eigenvalue weighted by Crippen LogP contribution is 2.38. The molecule has 0 aliphatic rings. The molecule has 0 N–H and O–H groups in total. The molecule has 0 saturated heterocycles. The molecular weight excluding hydrogens is 565 g/mol. The number of hydrogen-bond acceptors (Lipinski definition) is 3. The van der Waals surface area contributed by atoms with Crippen LogP contribution in [0.2, 0.25) is 13.1 Å². The summed E-state index contributed by atoms with van der Waals surface area (Å²) in [6, 6.07) is 41.1. The average molecular weight is 591 g/mol. The molecule has 9 aromatic rings. The number of fused-ring (bicyclic) bond motifs is 9. The minimum atomic E-state index is -1.98. The highest BCUT2D eigenvalue weighted by Gasteiger charge is 2.28. The minimum absolute atomic E-state index is 1.19. The van der Waals surface area contributed by atoms with Crippen LogP contribution in [0.25, 0.3) is 67.8 Å². The number of hydrogen-bond donors (Lipinski definition) is 0. The first-order valence-electron chi connectivity index (χ1n) is 14.3. The third-order valence-corrected chi connectivity index (χ3v) is 14.8. The van der Waals surface area contributed by atoms with Gasteiger partial charge < -0.3 is 4.57 Å².